The Morgan fingerprint density at radius 1 is 1.00 bits per heavy atom. The molecule has 3 aromatic rings. The number of carbonyl (C=O) groups is 1. The molecule has 4 heteroatoms. The molecule has 0 radical (unpaired) electrons. The Bertz CT molecular complexity index is 1090. The van der Waals surface area contributed by atoms with Crippen LogP contribution in [-0.4, -0.2) is 14.9 Å². The smallest absolute Gasteiger partial charge is 0.162 e. The van der Waals surface area contributed by atoms with Gasteiger partial charge in [0.2, 0.25) is 0 Å². The minimum Gasteiger partial charge on any atom is -0.352 e. The molecule has 162 valence electrons. The van der Waals surface area contributed by atoms with Crippen molar-refractivity contribution in [3.63, 3.8) is 0 Å². The molecule has 0 spiro atoms. The van der Waals surface area contributed by atoms with Gasteiger partial charge in [-0.1, -0.05) is 43.5 Å². The maximum Gasteiger partial charge on any atom is 0.162 e. The molecule has 0 saturated heterocycles. The highest BCUT2D eigenvalue weighted by Gasteiger charge is 2.19. The average molecular weight is 419 g/mol. The number of aromatic nitrogens is 2. The van der Waals surface area contributed by atoms with Crippen LogP contribution in [0.3, 0.4) is 0 Å². The second-order valence-electron chi connectivity index (χ2n) is 8.62. The Morgan fingerprint density at radius 2 is 1.74 bits per heavy atom. The number of fused-ring (bicyclic) bond motifs is 1. The molecular formula is C27H31FN2O. The summed E-state index contributed by atoms with van der Waals surface area (Å²) in [6.07, 6.45) is 14.1. The molecule has 1 aliphatic carbocycles. The second kappa shape index (κ2) is 9.95. The van der Waals surface area contributed by atoms with Crippen molar-refractivity contribution in [1.82, 2.24) is 9.13 Å². The highest BCUT2D eigenvalue weighted by atomic mass is 19.1. The summed E-state index contributed by atoms with van der Waals surface area (Å²) in [7, 11) is 2.15. The van der Waals surface area contributed by atoms with Crippen LogP contribution in [0.5, 0.6) is 0 Å². The number of hydrogen-bond acceptors (Lipinski definition) is 1. The molecule has 1 heterocycles. The first-order valence-electron chi connectivity index (χ1n) is 11.4. The molecule has 1 aliphatic rings. The van der Waals surface area contributed by atoms with E-state index in [1.807, 2.05) is 0 Å². The number of aryl methyl sites for hydroxylation is 2. The fourth-order valence-corrected chi connectivity index (χ4v) is 4.75. The van der Waals surface area contributed by atoms with Crippen LogP contribution in [0, 0.1) is 5.82 Å². The number of benzene rings is 2. The SMILES string of the molecule is Cn1ccn(CCCC(=O)c2ccc(F)cc2)cc2ccccc2c1C1CCCCC1. The van der Waals surface area contributed by atoms with E-state index in [4.69, 9.17) is 0 Å². The molecule has 2 aromatic carbocycles. The lowest BCUT2D eigenvalue weighted by molar-refractivity contribution is 0.0978. The third kappa shape index (κ3) is 5.25. The summed E-state index contributed by atoms with van der Waals surface area (Å²) >= 11 is 0. The maximum atomic E-state index is 13.1. The number of ketones is 1. The average Bonchev–Trinajstić information content (AvgIpc) is 2.78. The van der Waals surface area contributed by atoms with E-state index in [1.54, 1.807) is 12.1 Å². The van der Waals surface area contributed by atoms with Crippen LogP contribution in [0.25, 0.3) is 10.8 Å². The minimum absolute atomic E-state index is 0.0569. The van der Waals surface area contributed by atoms with Crippen molar-refractivity contribution < 1.29 is 9.18 Å². The van der Waals surface area contributed by atoms with E-state index in [9.17, 15) is 9.18 Å². The van der Waals surface area contributed by atoms with E-state index in [0.717, 1.165) is 13.0 Å². The van der Waals surface area contributed by atoms with Gasteiger partial charge in [0, 0.05) is 55.2 Å². The fourth-order valence-electron chi connectivity index (χ4n) is 4.75. The van der Waals surface area contributed by atoms with Crippen molar-refractivity contribution in [3.05, 3.63) is 84.2 Å². The van der Waals surface area contributed by atoms with E-state index in [0.29, 0.717) is 17.9 Å². The Morgan fingerprint density at radius 3 is 2.52 bits per heavy atom. The third-order valence-electron chi connectivity index (χ3n) is 6.38. The minimum atomic E-state index is -0.316. The van der Waals surface area contributed by atoms with Gasteiger partial charge in [-0.15, -0.1) is 0 Å². The van der Waals surface area contributed by atoms with Crippen LogP contribution in [0.2, 0.25) is 0 Å². The molecule has 0 aliphatic heterocycles. The van der Waals surface area contributed by atoms with E-state index in [1.165, 1.54) is 60.7 Å². The van der Waals surface area contributed by atoms with Gasteiger partial charge in [0.1, 0.15) is 5.82 Å². The molecule has 1 saturated carbocycles. The molecule has 31 heavy (non-hydrogen) atoms. The summed E-state index contributed by atoms with van der Waals surface area (Å²) in [5.41, 5.74) is 2.00. The quantitative estimate of drug-likeness (QED) is 0.398. The number of rotatable bonds is 6. The van der Waals surface area contributed by atoms with Crippen molar-refractivity contribution in [1.29, 1.82) is 0 Å². The lowest BCUT2D eigenvalue weighted by Crippen LogP contribution is -2.12. The third-order valence-corrected chi connectivity index (χ3v) is 6.38. The topological polar surface area (TPSA) is 26.9 Å². The van der Waals surface area contributed by atoms with Gasteiger partial charge < -0.3 is 9.13 Å². The van der Waals surface area contributed by atoms with Crippen LogP contribution in [0.1, 0.15) is 66.9 Å². The Hall–Kier alpha value is -2.88. The van der Waals surface area contributed by atoms with Gasteiger partial charge in [-0.25, -0.2) is 4.39 Å². The molecule has 3 nitrogen and oxygen atoms in total. The molecular weight excluding hydrogens is 387 g/mol. The predicted molar refractivity (Wildman–Crippen MR) is 124 cm³/mol. The van der Waals surface area contributed by atoms with E-state index < -0.39 is 0 Å². The Kier molecular flexibility index (Phi) is 6.86. The van der Waals surface area contributed by atoms with Crippen molar-refractivity contribution in [2.45, 2.75) is 57.4 Å². The first kappa shape index (κ1) is 21.4. The fraction of sp³-hybridized carbons (Fsp3) is 0.370. The van der Waals surface area contributed by atoms with Gasteiger partial charge in [-0.05, 0) is 54.8 Å². The van der Waals surface area contributed by atoms with Crippen LogP contribution in [-0.2, 0) is 13.6 Å². The number of halogens is 1. The number of nitrogens with zero attached hydrogens (tertiary/aromatic N) is 2. The second-order valence-corrected chi connectivity index (χ2v) is 8.62. The summed E-state index contributed by atoms with van der Waals surface area (Å²) in [6.45, 7) is 0.754. The van der Waals surface area contributed by atoms with E-state index in [-0.39, 0.29) is 11.6 Å². The number of hydrogen-bond donors (Lipinski definition) is 0. The summed E-state index contributed by atoms with van der Waals surface area (Å²) in [5, 5.41) is 2.54. The zero-order valence-electron chi connectivity index (χ0n) is 18.3. The zero-order valence-corrected chi connectivity index (χ0v) is 18.3. The van der Waals surface area contributed by atoms with Gasteiger partial charge in [0.05, 0.1) is 0 Å². The van der Waals surface area contributed by atoms with Crippen molar-refractivity contribution in [3.8, 4) is 0 Å². The summed E-state index contributed by atoms with van der Waals surface area (Å²) in [5.74, 6) is 0.350. The first-order valence-corrected chi connectivity index (χ1v) is 11.4. The first-order chi connectivity index (χ1) is 15.1. The normalized spacial score (nSPS) is 14.5. The molecule has 1 fully saturated rings. The molecule has 0 atom stereocenters. The zero-order chi connectivity index (χ0) is 21.6. The lowest BCUT2D eigenvalue weighted by Gasteiger charge is -2.25. The Balaban J connectivity index is 1.56. The molecule has 4 rings (SSSR count). The molecule has 1 aromatic heterocycles. The van der Waals surface area contributed by atoms with Crippen LogP contribution < -0.4 is 0 Å². The van der Waals surface area contributed by atoms with Crippen molar-refractivity contribution in [2.75, 3.05) is 0 Å². The lowest BCUT2D eigenvalue weighted by atomic mass is 9.85. The predicted octanol–water partition coefficient (Wildman–Crippen LogP) is 6.95. The number of Topliss-reactive ketones (excluding diaryl/α,β-unsaturated/α-hetero) is 1. The van der Waals surface area contributed by atoms with E-state index in [2.05, 4.69) is 59.0 Å². The van der Waals surface area contributed by atoms with Crippen LogP contribution >= 0.6 is 0 Å². The molecule has 0 amide bonds. The molecule has 0 bridgehead atoms. The maximum absolute atomic E-state index is 13.1. The van der Waals surface area contributed by atoms with Gasteiger partial charge in [0.15, 0.2) is 5.78 Å². The summed E-state index contributed by atoms with van der Waals surface area (Å²) in [6, 6.07) is 14.4. The van der Waals surface area contributed by atoms with Crippen LogP contribution in [0.4, 0.5) is 4.39 Å². The monoisotopic (exact) mass is 418 g/mol. The number of carbonyl (C=O) groups excluding carboxylic acids is 1. The van der Waals surface area contributed by atoms with Gasteiger partial charge in [-0.2, -0.15) is 0 Å². The van der Waals surface area contributed by atoms with Crippen molar-refractivity contribution >= 4 is 16.6 Å². The molecule has 0 unspecified atom stereocenters. The Labute approximate surface area is 183 Å². The highest BCUT2D eigenvalue weighted by molar-refractivity contribution is 5.95. The standard InChI is InChI=1S/C27H31FN2O/c1-29-18-19-30(17-7-12-26(31)21-13-15-24(28)16-14-21)20-23-10-5-6-11-25(23)27(29)22-8-3-2-4-9-22/h5-6,10-11,13-16,18-20,22H,2-4,7-9,12,17H2,1H3. The van der Waals surface area contributed by atoms with Crippen molar-refractivity contribution in [2.24, 2.45) is 7.05 Å². The van der Waals surface area contributed by atoms with Crippen LogP contribution in [0.15, 0.2) is 67.1 Å². The van der Waals surface area contributed by atoms with Gasteiger partial charge >= 0.3 is 0 Å². The van der Waals surface area contributed by atoms with E-state index >= 15 is 0 Å². The summed E-state index contributed by atoms with van der Waals surface area (Å²) < 4.78 is 17.5. The summed E-state index contributed by atoms with van der Waals surface area (Å²) in [4.78, 5) is 12.4. The molecule has 0 N–H and O–H groups in total. The van der Waals surface area contributed by atoms with Gasteiger partial charge in [0.25, 0.3) is 0 Å². The highest BCUT2D eigenvalue weighted by Crippen LogP contribution is 2.35. The van der Waals surface area contributed by atoms with Gasteiger partial charge in [-0.3, -0.25) is 4.79 Å². The largest absolute Gasteiger partial charge is 0.352 e.